The second-order valence-corrected chi connectivity index (χ2v) is 5.71. The molecule has 3 rings (SSSR count). The molecule has 1 atom stereocenters. The Balaban J connectivity index is 2.25. The largest absolute Gasteiger partial charge is 0.465 e. The molecule has 1 aromatic heterocycles. The second kappa shape index (κ2) is 6.76. The zero-order chi connectivity index (χ0) is 18.0. The fourth-order valence-electron chi connectivity index (χ4n) is 2.90. The van der Waals surface area contributed by atoms with Gasteiger partial charge in [0.05, 0.1) is 23.0 Å². The van der Waals surface area contributed by atoms with Gasteiger partial charge in [-0.3, -0.25) is 14.9 Å². The van der Waals surface area contributed by atoms with Crippen molar-refractivity contribution in [2.75, 3.05) is 6.61 Å². The molecule has 1 heterocycles. The number of benzene rings is 2. The first-order valence-corrected chi connectivity index (χ1v) is 8.04. The molecule has 0 saturated heterocycles. The first kappa shape index (κ1) is 16.7. The molecule has 0 aliphatic heterocycles. The Morgan fingerprint density at radius 3 is 2.56 bits per heavy atom. The molecule has 128 valence electrons. The molecule has 0 fully saturated rings. The molecule has 0 amide bonds. The third-order valence-corrected chi connectivity index (χ3v) is 4.13. The lowest BCUT2D eigenvalue weighted by Crippen LogP contribution is -2.16. The van der Waals surface area contributed by atoms with E-state index in [1.807, 2.05) is 41.0 Å². The number of esters is 1. The molecule has 25 heavy (non-hydrogen) atoms. The van der Waals surface area contributed by atoms with Crippen molar-refractivity contribution >= 4 is 22.6 Å². The molecule has 3 aromatic rings. The van der Waals surface area contributed by atoms with Gasteiger partial charge in [0.1, 0.15) is 0 Å². The van der Waals surface area contributed by atoms with Crippen LogP contribution >= 0.6 is 0 Å². The van der Waals surface area contributed by atoms with E-state index in [2.05, 4.69) is 0 Å². The summed E-state index contributed by atoms with van der Waals surface area (Å²) in [6, 6.07) is 16.1. The highest BCUT2D eigenvalue weighted by Gasteiger charge is 2.23. The summed E-state index contributed by atoms with van der Waals surface area (Å²) < 4.78 is 7.03. The highest BCUT2D eigenvalue weighted by Crippen LogP contribution is 2.32. The van der Waals surface area contributed by atoms with E-state index in [9.17, 15) is 14.9 Å². The minimum atomic E-state index is -0.494. The molecule has 2 aromatic carbocycles. The Morgan fingerprint density at radius 1 is 1.20 bits per heavy atom. The fourth-order valence-corrected chi connectivity index (χ4v) is 2.90. The second-order valence-electron chi connectivity index (χ2n) is 5.71. The number of ether oxygens (including phenoxy) is 1. The van der Waals surface area contributed by atoms with Crippen LogP contribution in [0.5, 0.6) is 0 Å². The van der Waals surface area contributed by atoms with Crippen LogP contribution in [0.2, 0.25) is 0 Å². The Kier molecular flexibility index (Phi) is 4.52. The Labute approximate surface area is 144 Å². The number of non-ortho nitro benzene ring substituents is 1. The van der Waals surface area contributed by atoms with Gasteiger partial charge in [-0.15, -0.1) is 0 Å². The molecule has 0 spiro atoms. The van der Waals surface area contributed by atoms with Gasteiger partial charge in [0.15, 0.2) is 0 Å². The van der Waals surface area contributed by atoms with E-state index in [0.717, 1.165) is 16.8 Å². The summed E-state index contributed by atoms with van der Waals surface area (Å²) in [6.45, 7) is 3.85. The van der Waals surface area contributed by atoms with Gasteiger partial charge in [-0.05, 0) is 38.1 Å². The zero-order valence-electron chi connectivity index (χ0n) is 14.0. The standard InChI is InChI=1S/C19H18N2O4/c1-3-25-19(22)13(2)17-11-14-9-10-16(21(23)24)12-18(14)20(17)15-7-5-4-6-8-15/h4-13H,3H2,1-2H3. The number of hydrogen-bond donors (Lipinski definition) is 0. The maximum atomic E-state index is 12.2. The molecule has 0 aliphatic rings. The summed E-state index contributed by atoms with van der Waals surface area (Å²) in [4.78, 5) is 23.0. The predicted octanol–water partition coefficient (Wildman–Crippen LogP) is 4.21. The lowest BCUT2D eigenvalue weighted by molar-refractivity contribution is -0.384. The normalized spacial score (nSPS) is 12.1. The van der Waals surface area contributed by atoms with Gasteiger partial charge >= 0.3 is 5.97 Å². The first-order valence-electron chi connectivity index (χ1n) is 8.04. The maximum Gasteiger partial charge on any atom is 0.314 e. The van der Waals surface area contributed by atoms with Crippen molar-refractivity contribution in [2.24, 2.45) is 0 Å². The highest BCUT2D eigenvalue weighted by molar-refractivity contribution is 5.88. The molecule has 6 heteroatoms. The van der Waals surface area contributed by atoms with E-state index >= 15 is 0 Å². The molecular weight excluding hydrogens is 320 g/mol. The van der Waals surface area contributed by atoms with E-state index in [0.29, 0.717) is 12.1 Å². The summed E-state index contributed by atoms with van der Waals surface area (Å²) in [6.07, 6.45) is 0. The van der Waals surface area contributed by atoms with Gasteiger partial charge in [-0.2, -0.15) is 0 Å². The summed E-state index contributed by atoms with van der Waals surface area (Å²) in [5.74, 6) is -0.816. The Bertz CT molecular complexity index is 931. The van der Waals surface area contributed by atoms with Crippen LogP contribution in [0.4, 0.5) is 5.69 Å². The van der Waals surface area contributed by atoms with Gasteiger partial charge in [0, 0.05) is 28.9 Å². The van der Waals surface area contributed by atoms with Crippen molar-refractivity contribution in [1.82, 2.24) is 4.57 Å². The molecule has 6 nitrogen and oxygen atoms in total. The van der Waals surface area contributed by atoms with E-state index < -0.39 is 10.8 Å². The minimum absolute atomic E-state index is 0.0121. The Morgan fingerprint density at radius 2 is 1.92 bits per heavy atom. The van der Waals surface area contributed by atoms with Crippen LogP contribution in [0.1, 0.15) is 25.5 Å². The zero-order valence-corrected chi connectivity index (χ0v) is 14.0. The molecule has 0 radical (unpaired) electrons. The third-order valence-electron chi connectivity index (χ3n) is 4.13. The van der Waals surface area contributed by atoms with Crippen LogP contribution in [-0.2, 0) is 9.53 Å². The summed E-state index contributed by atoms with van der Waals surface area (Å²) >= 11 is 0. The number of carbonyl (C=O) groups excluding carboxylic acids is 1. The number of aromatic nitrogens is 1. The molecule has 0 bridgehead atoms. The van der Waals surface area contributed by atoms with Crippen LogP contribution in [0.25, 0.3) is 16.6 Å². The smallest absolute Gasteiger partial charge is 0.314 e. The summed E-state index contributed by atoms with van der Waals surface area (Å²) in [5, 5.41) is 12.0. The SMILES string of the molecule is CCOC(=O)C(C)c1cc2ccc([N+](=O)[O-])cc2n1-c1ccccc1. The first-order chi connectivity index (χ1) is 12.0. The van der Waals surface area contributed by atoms with Gasteiger partial charge in [-0.25, -0.2) is 0 Å². The molecule has 1 unspecified atom stereocenters. The number of hydrogen-bond acceptors (Lipinski definition) is 4. The minimum Gasteiger partial charge on any atom is -0.465 e. The van der Waals surface area contributed by atoms with Crippen LogP contribution < -0.4 is 0 Å². The highest BCUT2D eigenvalue weighted by atomic mass is 16.6. The van der Waals surface area contributed by atoms with Crippen molar-refractivity contribution in [2.45, 2.75) is 19.8 Å². The monoisotopic (exact) mass is 338 g/mol. The van der Waals surface area contributed by atoms with Crippen molar-refractivity contribution in [3.63, 3.8) is 0 Å². The van der Waals surface area contributed by atoms with Crippen molar-refractivity contribution in [3.05, 3.63) is 70.4 Å². The number of carbonyl (C=O) groups is 1. The molecule has 0 aliphatic carbocycles. The van der Waals surface area contributed by atoms with E-state index in [1.165, 1.54) is 12.1 Å². The number of nitro benzene ring substituents is 1. The molecular formula is C19H18N2O4. The quantitative estimate of drug-likeness (QED) is 0.397. The number of nitro groups is 1. The number of rotatable bonds is 5. The van der Waals surface area contributed by atoms with E-state index in [4.69, 9.17) is 4.74 Å². The predicted molar refractivity (Wildman–Crippen MR) is 95.0 cm³/mol. The van der Waals surface area contributed by atoms with Crippen LogP contribution in [0.15, 0.2) is 54.6 Å². The van der Waals surface area contributed by atoms with Gasteiger partial charge < -0.3 is 9.30 Å². The number of fused-ring (bicyclic) bond motifs is 1. The number of nitrogens with zero attached hydrogens (tertiary/aromatic N) is 2. The van der Waals surface area contributed by atoms with Crippen molar-refractivity contribution in [3.8, 4) is 5.69 Å². The summed E-state index contributed by atoms with van der Waals surface area (Å²) in [5.41, 5.74) is 2.27. The van der Waals surface area contributed by atoms with E-state index in [1.54, 1.807) is 19.9 Å². The maximum absolute atomic E-state index is 12.2. The lowest BCUT2D eigenvalue weighted by Gasteiger charge is -2.15. The van der Waals surface area contributed by atoms with Gasteiger partial charge in [-0.1, -0.05) is 18.2 Å². The lowest BCUT2D eigenvalue weighted by atomic mass is 10.1. The van der Waals surface area contributed by atoms with Crippen LogP contribution in [0.3, 0.4) is 0 Å². The van der Waals surface area contributed by atoms with Gasteiger partial charge in [0.25, 0.3) is 5.69 Å². The van der Waals surface area contributed by atoms with Crippen LogP contribution in [-0.4, -0.2) is 22.1 Å². The topological polar surface area (TPSA) is 74.4 Å². The summed E-state index contributed by atoms with van der Waals surface area (Å²) in [7, 11) is 0. The third kappa shape index (κ3) is 3.10. The molecule has 0 saturated carbocycles. The van der Waals surface area contributed by atoms with Crippen LogP contribution in [0, 0.1) is 10.1 Å². The number of para-hydroxylation sites is 1. The van der Waals surface area contributed by atoms with Crippen molar-refractivity contribution < 1.29 is 14.5 Å². The molecule has 0 N–H and O–H groups in total. The van der Waals surface area contributed by atoms with Gasteiger partial charge in [0.2, 0.25) is 0 Å². The average molecular weight is 338 g/mol. The van der Waals surface area contributed by atoms with E-state index in [-0.39, 0.29) is 11.7 Å². The average Bonchev–Trinajstić information content (AvgIpc) is 3.00. The fraction of sp³-hybridized carbons (Fsp3) is 0.211. The Hall–Kier alpha value is -3.15. The van der Waals surface area contributed by atoms with Crippen molar-refractivity contribution in [1.29, 1.82) is 0 Å².